The number of nitrogens with two attached hydrogens (primary N) is 1. The monoisotopic (exact) mass is 185 g/mol. The maximum absolute atomic E-state index is 9.02. The van der Waals surface area contributed by atoms with E-state index in [1.807, 2.05) is 13.8 Å². The molecule has 4 heteroatoms. The van der Waals surface area contributed by atoms with Crippen molar-refractivity contribution in [1.29, 1.82) is 0 Å². The lowest BCUT2D eigenvalue weighted by molar-refractivity contribution is 0.226. The molecule has 0 spiro atoms. The summed E-state index contributed by atoms with van der Waals surface area (Å²) in [5, 5.41) is 12.0. The molecule has 0 bridgehead atoms. The first-order valence-corrected chi connectivity index (χ1v) is 4.84. The van der Waals surface area contributed by atoms with Gasteiger partial charge in [-0.25, -0.2) is 0 Å². The standard InChI is InChI=1S/C9H19N3O/c1-6(2)8(5-13)12-9(10)11-7-3-4-7/h6-8,13H,3-5H2,1-2H3,(H3,10,11,12). The highest BCUT2D eigenvalue weighted by Crippen LogP contribution is 2.22. The van der Waals surface area contributed by atoms with Crippen LogP contribution in [0.25, 0.3) is 0 Å². The molecule has 0 aromatic rings. The Morgan fingerprint density at radius 1 is 1.62 bits per heavy atom. The Morgan fingerprint density at radius 3 is 2.62 bits per heavy atom. The van der Waals surface area contributed by atoms with E-state index in [-0.39, 0.29) is 12.6 Å². The minimum atomic E-state index is 0.0162. The van der Waals surface area contributed by atoms with Gasteiger partial charge in [-0.3, -0.25) is 4.99 Å². The van der Waals surface area contributed by atoms with Gasteiger partial charge in [-0.15, -0.1) is 0 Å². The van der Waals surface area contributed by atoms with E-state index in [1.54, 1.807) is 0 Å². The summed E-state index contributed by atoms with van der Waals surface area (Å²) in [5.41, 5.74) is 5.66. The van der Waals surface area contributed by atoms with Crippen LogP contribution in [0.2, 0.25) is 0 Å². The first kappa shape index (κ1) is 10.3. The summed E-state index contributed by atoms with van der Waals surface area (Å²) in [6.45, 7) is 4.18. The Morgan fingerprint density at radius 2 is 2.23 bits per heavy atom. The molecule has 0 aromatic carbocycles. The lowest BCUT2D eigenvalue weighted by atomic mass is 10.1. The van der Waals surface area contributed by atoms with E-state index in [0.29, 0.717) is 17.9 Å². The van der Waals surface area contributed by atoms with Crippen LogP contribution in [-0.2, 0) is 0 Å². The van der Waals surface area contributed by atoms with Gasteiger partial charge in [0.15, 0.2) is 5.96 Å². The van der Waals surface area contributed by atoms with Crippen molar-refractivity contribution in [2.24, 2.45) is 16.6 Å². The normalized spacial score (nSPS) is 20.5. The Bertz CT molecular complexity index is 187. The van der Waals surface area contributed by atoms with E-state index < -0.39 is 0 Å². The second-order valence-corrected chi connectivity index (χ2v) is 3.92. The van der Waals surface area contributed by atoms with Crippen LogP contribution in [0.5, 0.6) is 0 Å². The predicted molar refractivity (Wildman–Crippen MR) is 53.5 cm³/mol. The molecular formula is C9H19N3O. The third kappa shape index (κ3) is 3.63. The van der Waals surface area contributed by atoms with E-state index in [9.17, 15) is 0 Å². The number of aliphatic hydroxyl groups is 1. The number of aliphatic imine (C=N–C) groups is 1. The molecule has 1 saturated carbocycles. The Labute approximate surface area is 79.2 Å². The maximum Gasteiger partial charge on any atom is 0.189 e. The molecule has 1 aliphatic carbocycles. The summed E-state index contributed by atoms with van der Waals surface area (Å²) in [5.74, 6) is 0.827. The Hall–Kier alpha value is -0.770. The number of hydrogen-bond acceptors (Lipinski definition) is 2. The van der Waals surface area contributed by atoms with Gasteiger partial charge < -0.3 is 16.2 Å². The minimum Gasteiger partial charge on any atom is -0.394 e. The molecule has 1 unspecified atom stereocenters. The quantitative estimate of drug-likeness (QED) is 0.429. The number of hydrogen-bond donors (Lipinski definition) is 3. The van der Waals surface area contributed by atoms with Crippen LogP contribution in [-0.4, -0.2) is 29.8 Å². The number of aliphatic hydroxyl groups excluding tert-OH is 1. The summed E-state index contributed by atoms with van der Waals surface area (Å²) in [4.78, 5) is 4.23. The van der Waals surface area contributed by atoms with E-state index >= 15 is 0 Å². The van der Waals surface area contributed by atoms with E-state index in [4.69, 9.17) is 10.8 Å². The van der Waals surface area contributed by atoms with Gasteiger partial charge in [0.1, 0.15) is 0 Å². The molecular weight excluding hydrogens is 166 g/mol. The molecule has 0 aromatic heterocycles. The van der Waals surface area contributed by atoms with Crippen LogP contribution < -0.4 is 11.1 Å². The number of nitrogens with one attached hydrogen (secondary N) is 1. The molecule has 1 fully saturated rings. The van der Waals surface area contributed by atoms with E-state index in [2.05, 4.69) is 10.3 Å². The third-order valence-corrected chi connectivity index (χ3v) is 2.20. The van der Waals surface area contributed by atoms with Crippen molar-refractivity contribution in [3.05, 3.63) is 0 Å². The topological polar surface area (TPSA) is 70.6 Å². The summed E-state index contributed by atoms with van der Waals surface area (Å²) in [6, 6.07) is 0.446. The highest BCUT2D eigenvalue weighted by Gasteiger charge is 2.21. The van der Waals surface area contributed by atoms with Gasteiger partial charge in [0, 0.05) is 0 Å². The Kier molecular flexibility index (Phi) is 3.54. The van der Waals surface area contributed by atoms with Crippen LogP contribution in [0.1, 0.15) is 26.7 Å². The smallest absolute Gasteiger partial charge is 0.189 e. The molecule has 1 aliphatic rings. The summed E-state index contributed by atoms with van der Waals surface area (Å²) >= 11 is 0. The van der Waals surface area contributed by atoms with Gasteiger partial charge in [0.25, 0.3) is 0 Å². The lowest BCUT2D eigenvalue weighted by Crippen LogP contribution is -2.45. The van der Waals surface area contributed by atoms with E-state index in [0.717, 1.165) is 12.8 Å². The minimum absolute atomic E-state index is 0.0162. The van der Waals surface area contributed by atoms with Crippen molar-refractivity contribution in [3.8, 4) is 0 Å². The van der Waals surface area contributed by atoms with Crippen molar-refractivity contribution < 1.29 is 5.11 Å². The van der Waals surface area contributed by atoms with Crippen molar-refractivity contribution in [2.45, 2.75) is 38.8 Å². The van der Waals surface area contributed by atoms with Crippen LogP contribution >= 0.6 is 0 Å². The van der Waals surface area contributed by atoms with Crippen molar-refractivity contribution in [1.82, 2.24) is 5.32 Å². The van der Waals surface area contributed by atoms with Crippen LogP contribution in [0.4, 0.5) is 0 Å². The third-order valence-electron chi connectivity index (χ3n) is 2.20. The molecule has 13 heavy (non-hydrogen) atoms. The number of nitrogens with zero attached hydrogens (tertiary/aromatic N) is 1. The summed E-state index contributed by atoms with van der Waals surface area (Å²) in [6.07, 6.45) is 2.29. The molecule has 0 saturated heterocycles. The van der Waals surface area contributed by atoms with Gasteiger partial charge in [0.2, 0.25) is 0 Å². The zero-order valence-corrected chi connectivity index (χ0v) is 8.33. The second kappa shape index (κ2) is 4.46. The first-order valence-electron chi connectivity index (χ1n) is 4.84. The summed E-state index contributed by atoms with van der Waals surface area (Å²) in [7, 11) is 0. The van der Waals surface area contributed by atoms with Gasteiger partial charge in [-0.2, -0.15) is 0 Å². The molecule has 1 rings (SSSR count). The van der Waals surface area contributed by atoms with Crippen molar-refractivity contribution in [2.75, 3.05) is 6.61 Å². The Balaban J connectivity index is 2.35. The molecule has 4 nitrogen and oxygen atoms in total. The summed E-state index contributed by atoms with van der Waals surface area (Å²) < 4.78 is 0. The highest BCUT2D eigenvalue weighted by atomic mass is 16.3. The van der Waals surface area contributed by atoms with Gasteiger partial charge in [-0.05, 0) is 18.8 Å². The van der Waals surface area contributed by atoms with Crippen LogP contribution in [0.3, 0.4) is 0 Å². The molecule has 0 amide bonds. The largest absolute Gasteiger partial charge is 0.394 e. The number of guanidine groups is 1. The predicted octanol–water partition coefficient (Wildman–Crippen LogP) is 0.0700. The average molecular weight is 185 g/mol. The van der Waals surface area contributed by atoms with Gasteiger partial charge >= 0.3 is 0 Å². The van der Waals surface area contributed by atoms with Gasteiger partial charge in [0.05, 0.1) is 18.7 Å². The second-order valence-electron chi connectivity index (χ2n) is 3.92. The highest BCUT2D eigenvalue weighted by molar-refractivity contribution is 5.78. The molecule has 0 aliphatic heterocycles. The fourth-order valence-corrected chi connectivity index (χ4v) is 1.05. The molecule has 4 N–H and O–H groups in total. The zero-order chi connectivity index (χ0) is 9.84. The fraction of sp³-hybridized carbons (Fsp3) is 0.889. The van der Waals surface area contributed by atoms with Crippen molar-refractivity contribution >= 4 is 5.96 Å². The SMILES string of the molecule is CC(C)C(CO)NC(N)=NC1CC1. The zero-order valence-electron chi connectivity index (χ0n) is 8.33. The molecule has 0 radical (unpaired) electrons. The van der Waals surface area contributed by atoms with E-state index in [1.165, 1.54) is 0 Å². The first-order chi connectivity index (χ1) is 6.13. The lowest BCUT2D eigenvalue weighted by Gasteiger charge is -2.20. The molecule has 0 heterocycles. The van der Waals surface area contributed by atoms with Gasteiger partial charge in [-0.1, -0.05) is 13.8 Å². The fourth-order valence-electron chi connectivity index (χ4n) is 1.05. The molecule has 1 atom stereocenters. The maximum atomic E-state index is 9.02. The number of rotatable bonds is 4. The van der Waals surface area contributed by atoms with Crippen LogP contribution in [0.15, 0.2) is 4.99 Å². The average Bonchev–Trinajstić information content (AvgIpc) is 2.83. The van der Waals surface area contributed by atoms with Crippen LogP contribution in [0, 0.1) is 5.92 Å². The molecule has 76 valence electrons. The van der Waals surface area contributed by atoms with Crippen molar-refractivity contribution in [3.63, 3.8) is 0 Å².